The van der Waals surface area contributed by atoms with E-state index in [2.05, 4.69) is 9.97 Å². The Morgan fingerprint density at radius 1 is 1.56 bits per heavy atom. The van der Waals surface area contributed by atoms with E-state index in [0.29, 0.717) is 12.5 Å². The van der Waals surface area contributed by atoms with Crippen LogP contribution in [0.3, 0.4) is 0 Å². The molecule has 0 aromatic carbocycles. The van der Waals surface area contributed by atoms with Crippen molar-refractivity contribution < 1.29 is 19.4 Å². The Balaban J connectivity index is 1.87. The van der Waals surface area contributed by atoms with Crippen LogP contribution in [0.1, 0.15) is 23.3 Å². The molecule has 1 aromatic rings. The van der Waals surface area contributed by atoms with Crippen LogP contribution in [0.2, 0.25) is 0 Å². The topological polar surface area (TPSA) is 81.5 Å². The second-order valence-corrected chi connectivity index (χ2v) is 3.49. The molecule has 1 aliphatic heterocycles. The molecule has 6 nitrogen and oxygen atoms in total. The van der Waals surface area contributed by atoms with Gasteiger partial charge in [0.2, 0.25) is 5.88 Å². The molecule has 0 radical (unpaired) electrons. The fourth-order valence-electron chi connectivity index (χ4n) is 1.46. The van der Waals surface area contributed by atoms with Gasteiger partial charge in [-0.1, -0.05) is 0 Å². The summed E-state index contributed by atoms with van der Waals surface area (Å²) in [6.45, 7) is 1.21. The molecular formula is C10H12N2O4. The van der Waals surface area contributed by atoms with E-state index in [1.807, 2.05) is 0 Å². The number of carboxylic acids is 1. The van der Waals surface area contributed by atoms with Crippen molar-refractivity contribution in [3.05, 3.63) is 18.1 Å². The van der Waals surface area contributed by atoms with E-state index in [-0.39, 0.29) is 11.8 Å². The van der Waals surface area contributed by atoms with Gasteiger partial charge >= 0.3 is 5.97 Å². The summed E-state index contributed by atoms with van der Waals surface area (Å²) in [6, 6.07) is 0. The normalized spacial score (nSPS) is 19.6. The molecule has 0 amide bonds. The van der Waals surface area contributed by atoms with Crippen LogP contribution < -0.4 is 4.74 Å². The Morgan fingerprint density at radius 3 is 3.00 bits per heavy atom. The van der Waals surface area contributed by atoms with Gasteiger partial charge in [-0.05, 0) is 12.8 Å². The third-order valence-electron chi connectivity index (χ3n) is 2.29. The van der Waals surface area contributed by atoms with Gasteiger partial charge in [-0.3, -0.25) is 0 Å². The van der Waals surface area contributed by atoms with Crippen LogP contribution in [-0.4, -0.2) is 40.4 Å². The predicted molar refractivity (Wildman–Crippen MR) is 53.5 cm³/mol. The molecule has 0 saturated carbocycles. The first-order valence-corrected chi connectivity index (χ1v) is 5.05. The van der Waals surface area contributed by atoms with Crippen molar-refractivity contribution in [2.75, 3.05) is 13.2 Å². The molecule has 0 aliphatic carbocycles. The van der Waals surface area contributed by atoms with E-state index in [1.165, 1.54) is 12.4 Å². The number of hydrogen-bond donors (Lipinski definition) is 1. The zero-order chi connectivity index (χ0) is 11.4. The molecule has 6 heteroatoms. The molecule has 1 atom stereocenters. The van der Waals surface area contributed by atoms with Gasteiger partial charge in [0.1, 0.15) is 6.61 Å². The lowest BCUT2D eigenvalue weighted by Crippen LogP contribution is -2.17. The molecule has 0 spiro atoms. The lowest BCUT2D eigenvalue weighted by Gasteiger charge is -2.09. The molecule has 2 heterocycles. The Kier molecular flexibility index (Phi) is 3.31. The number of aromatic carboxylic acids is 1. The molecule has 1 aromatic heterocycles. The molecule has 1 saturated heterocycles. The van der Waals surface area contributed by atoms with Crippen molar-refractivity contribution in [3.63, 3.8) is 0 Å². The summed E-state index contributed by atoms with van der Waals surface area (Å²) >= 11 is 0. The number of carbonyl (C=O) groups is 1. The van der Waals surface area contributed by atoms with E-state index in [1.54, 1.807) is 0 Å². The molecular weight excluding hydrogens is 212 g/mol. The van der Waals surface area contributed by atoms with E-state index >= 15 is 0 Å². The Labute approximate surface area is 92.2 Å². The molecule has 1 N–H and O–H groups in total. The predicted octanol–water partition coefficient (Wildman–Crippen LogP) is 0.733. The summed E-state index contributed by atoms with van der Waals surface area (Å²) in [5, 5.41) is 8.61. The van der Waals surface area contributed by atoms with Crippen LogP contribution in [0.15, 0.2) is 12.4 Å². The minimum atomic E-state index is -1.10. The average molecular weight is 224 g/mol. The summed E-state index contributed by atoms with van der Waals surface area (Å²) < 4.78 is 10.7. The van der Waals surface area contributed by atoms with E-state index in [0.717, 1.165) is 19.4 Å². The van der Waals surface area contributed by atoms with Crippen LogP contribution >= 0.6 is 0 Å². The quantitative estimate of drug-likeness (QED) is 0.812. The standard InChI is InChI=1S/C10H12N2O4/c13-10(14)8-4-12-9(5-11-8)16-6-7-2-1-3-15-7/h4-5,7H,1-3,6H2,(H,13,14). The van der Waals surface area contributed by atoms with E-state index in [4.69, 9.17) is 14.6 Å². The number of nitrogens with zero attached hydrogens (tertiary/aromatic N) is 2. The first-order chi connectivity index (χ1) is 7.75. The summed E-state index contributed by atoms with van der Waals surface area (Å²) in [5.74, 6) is -0.779. The minimum Gasteiger partial charge on any atom is -0.476 e. The highest BCUT2D eigenvalue weighted by Crippen LogP contribution is 2.13. The lowest BCUT2D eigenvalue weighted by atomic mass is 10.2. The highest BCUT2D eigenvalue weighted by Gasteiger charge is 2.16. The first-order valence-electron chi connectivity index (χ1n) is 5.05. The first kappa shape index (κ1) is 10.8. The van der Waals surface area contributed by atoms with Gasteiger partial charge < -0.3 is 14.6 Å². The van der Waals surface area contributed by atoms with Crippen molar-refractivity contribution in [2.45, 2.75) is 18.9 Å². The molecule has 2 rings (SSSR count). The summed E-state index contributed by atoms with van der Waals surface area (Å²) in [5.41, 5.74) is -0.0931. The minimum absolute atomic E-state index is 0.0931. The summed E-state index contributed by atoms with van der Waals surface area (Å²) in [7, 11) is 0. The van der Waals surface area contributed by atoms with Gasteiger partial charge in [-0.2, -0.15) is 0 Å². The number of rotatable bonds is 4. The number of aromatic nitrogens is 2. The van der Waals surface area contributed by atoms with E-state index < -0.39 is 5.97 Å². The van der Waals surface area contributed by atoms with E-state index in [9.17, 15) is 4.79 Å². The summed E-state index contributed by atoms with van der Waals surface area (Å²) in [4.78, 5) is 18.1. The molecule has 1 unspecified atom stereocenters. The number of ether oxygens (including phenoxy) is 2. The fraction of sp³-hybridized carbons (Fsp3) is 0.500. The van der Waals surface area contributed by atoms with Crippen molar-refractivity contribution in [1.82, 2.24) is 9.97 Å². The van der Waals surface area contributed by atoms with Gasteiger partial charge in [0, 0.05) is 6.61 Å². The van der Waals surface area contributed by atoms with Crippen molar-refractivity contribution in [1.29, 1.82) is 0 Å². The van der Waals surface area contributed by atoms with Gasteiger partial charge in [-0.25, -0.2) is 14.8 Å². The number of hydrogen-bond acceptors (Lipinski definition) is 5. The maximum atomic E-state index is 10.5. The molecule has 1 aliphatic rings. The average Bonchev–Trinajstić information content (AvgIpc) is 2.80. The second-order valence-electron chi connectivity index (χ2n) is 3.49. The molecule has 86 valence electrons. The highest BCUT2D eigenvalue weighted by atomic mass is 16.5. The SMILES string of the molecule is O=C(O)c1cnc(OCC2CCCO2)cn1. The highest BCUT2D eigenvalue weighted by molar-refractivity contribution is 5.84. The molecule has 16 heavy (non-hydrogen) atoms. The number of carboxylic acid groups (broad SMARTS) is 1. The fourth-order valence-corrected chi connectivity index (χ4v) is 1.46. The van der Waals surface area contributed by atoms with Crippen LogP contribution in [0.5, 0.6) is 5.88 Å². The monoisotopic (exact) mass is 224 g/mol. The van der Waals surface area contributed by atoms with Gasteiger partial charge in [-0.15, -0.1) is 0 Å². The van der Waals surface area contributed by atoms with Gasteiger partial charge in [0.15, 0.2) is 5.69 Å². The molecule has 1 fully saturated rings. The smallest absolute Gasteiger partial charge is 0.356 e. The lowest BCUT2D eigenvalue weighted by molar-refractivity contribution is 0.0655. The summed E-state index contributed by atoms with van der Waals surface area (Å²) in [6.07, 6.45) is 4.63. The molecule has 0 bridgehead atoms. The third-order valence-corrected chi connectivity index (χ3v) is 2.29. The second kappa shape index (κ2) is 4.89. The van der Waals surface area contributed by atoms with Crippen LogP contribution in [0.4, 0.5) is 0 Å². The van der Waals surface area contributed by atoms with Crippen molar-refractivity contribution >= 4 is 5.97 Å². The third kappa shape index (κ3) is 2.66. The van der Waals surface area contributed by atoms with Crippen LogP contribution in [0.25, 0.3) is 0 Å². The zero-order valence-electron chi connectivity index (χ0n) is 8.63. The maximum Gasteiger partial charge on any atom is 0.356 e. The van der Waals surface area contributed by atoms with Crippen molar-refractivity contribution in [3.8, 4) is 5.88 Å². The zero-order valence-corrected chi connectivity index (χ0v) is 8.63. The van der Waals surface area contributed by atoms with Gasteiger partial charge in [0.05, 0.1) is 18.5 Å². The maximum absolute atomic E-state index is 10.5. The van der Waals surface area contributed by atoms with Crippen LogP contribution in [0, 0.1) is 0 Å². The van der Waals surface area contributed by atoms with Crippen LogP contribution in [-0.2, 0) is 4.74 Å². The van der Waals surface area contributed by atoms with Gasteiger partial charge in [0.25, 0.3) is 0 Å². The Morgan fingerprint density at radius 2 is 2.44 bits per heavy atom. The Bertz CT molecular complexity index is 360. The largest absolute Gasteiger partial charge is 0.476 e. The Hall–Kier alpha value is -1.69. The van der Waals surface area contributed by atoms with Crippen molar-refractivity contribution in [2.24, 2.45) is 0 Å².